The van der Waals surface area contributed by atoms with Crippen molar-refractivity contribution in [2.45, 2.75) is 0 Å². The normalized spacial score (nSPS) is 9.73. The molecule has 0 bridgehead atoms. The Bertz CT molecular complexity index is 201. The molecule has 0 amide bonds. The molecule has 0 aliphatic rings. The minimum atomic E-state index is -0.903. The highest BCUT2D eigenvalue weighted by Crippen LogP contribution is 1.95. The van der Waals surface area contributed by atoms with Gasteiger partial charge in [0.05, 0.1) is 0 Å². The number of hydrogen-bond donors (Lipinski definition) is 2. The summed E-state index contributed by atoms with van der Waals surface area (Å²) in [6.07, 6.45) is 0. The minimum absolute atomic E-state index is 0.363. The fourth-order valence-corrected chi connectivity index (χ4v) is 0.640. The summed E-state index contributed by atoms with van der Waals surface area (Å²) in [5.41, 5.74) is 0. The molecule has 0 aromatic heterocycles. The molecule has 0 aliphatic heterocycles. The second-order valence-corrected chi connectivity index (χ2v) is 2.22. The molecule has 15 heavy (non-hydrogen) atoms. The summed E-state index contributed by atoms with van der Waals surface area (Å²) in [6.45, 7) is -1.90. The second kappa shape index (κ2) is 6.66. The summed E-state index contributed by atoms with van der Waals surface area (Å²) >= 11 is 0. The maximum atomic E-state index is 10.3. The van der Waals surface area contributed by atoms with Gasteiger partial charge in [-0.1, -0.05) is 10.0 Å². The monoisotopic (exact) mass is 226 g/mol. The number of hydrogen-bond acceptors (Lipinski definition) is 8. The fourth-order valence-electron chi connectivity index (χ4n) is 0.640. The van der Waals surface area contributed by atoms with E-state index in [9.17, 15) is 20.2 Å². The van der Waals surface area contributed by atoms with Crippen LogP contribution >= 0.6 is 0 Å². The first-order valence-corrected chi connectivity index (χ1v) is 3.44. The van der Waals surface area contributed by atoms with Crippen LogP contribution in [0, 0.1) is 20.2 Å². The first-order chi connectivity index (χ1) is 7.02. The van der Waals surface area contributed by atoms with Crippen LogP contribution in [0.5, 0.6) is 0 Å². The van der Waals surface area contributed by atoms with Crippen LogP contribution < -0.4 is 11.8 Å². The van der Waals surface area contributed by atoms with Crippen molar-refractivity contribution in [1.29, 1.82) is 0 Å². The van der Waals surface area contributed by atoms with Crippen LogP contribution in [0.15, 0.2) is 0 Å². The van der Waals surface area contributed by atoms with Crippen LogP contribution in [0.4, 0.5) is 0 Å². The largest absolute Gasteiger partial charge is 0.277 e. The topological polar surface area (TPSA) is 163 Å². The lowest BCUT2D eigenvalue weighted by molar-refractivity contribution is -0.720. The molecule has 0 saturated carbocycles. The molecule has 0 aromatic carbocycles. The van der Waals surface area contributed by atoms with Gasteiger partial charge in [-0.3, -0.25) is 9.68 Å². The first kappa shape index (κ1) is 13.2. The number of rotatable bonds is 8. The van der Waals surface area contributed by atoms with Crippen molar-refractivity contribution in [3.8, 4) is 0 Å². The van der Waals surface area contributed by atoms with Gasteiger partial charge in [0.2, 0.25) is 6.67 Å². The van der Waals surface area contributed by atoms with Crippen LogP contribution in [-0.4, -0.2) is 40.2 Å². The third kappa shape index (κ3) is 4.87. The Morgan fingerprint density at radius 3 is 1.53 bits per heavy atom. The third-order valence-electron chi connectivity index (χ3n) is 1.24. The van der Waals surface area contributed by atoms with Gasteiger partial charge < -0.3 is 0 Å². The van der Waals surface area contributed by atoms with Crippen molar-refractivity contribution in [2.75, 3.05) is 20.1 Å². The van der Waals surface area contributed by atoms with E-state index in [1.165, 1.54) is 0 Å². The van der Waals surface area contributed by atoms with E-state index in [-0.39, 0.29) is 0 Å². The Morgan fingerprint density at radius 1 is 1.00 bits per heavy atom. The summed E-state index contributed by atoms with van der Waals surface area (Å²) < 4.78 is 0. The van der Waals surface area contributed by atoms with E-state index in [4.69, 9.17) is 0 Å². The molecule has 0 unspecified atom stereocenters. The molecule has 0 heterocycles. The highest BCUT2D eigenvalue weighted by Gasteiger charge is 2.24. The molecule has 0 radical (unpaired) electrons. The highest BCUT2D eigenvalue weighted by molar-refractivity contribution is 4.34. The number of nitro groups is 2. The number of hydrazine groups is 2. The van der Waals surface area contributed by atoms with Gasteiger partial charge in [-0.25, -0.2) is 32.0 Å². The quantitative estimate of drug-likeness (QED) is 0.259. The Morgan fingerprint density at radius 2 is 1.33 bits per heavy atom. The maximum absolute atomic E-state index is 10.3. The summed E-state index contributed by atoms with van der Waals surface area (Å²) in [7, 11) is 0. The standard InChI is InChI=1S/C3H10N6O6/c4-14-2-6(8(10)11)1-7(3-15-5)9(12)13/h1-5H2. The van der Waals surface area contributed by atoms with Crippen molar-refractivity contribution >= 4 is 0 Å². The molecule has 0 aromatic rings. The average molecular weight is 226 g/mol. The van der Waals surface area contributed by atoms with E-state index in [0.29, 0.717) is 10.0 Å². The second-order valence-electron chi connectivity index (χ2n) is 2.22. The maximum Gasteiger partial charge on any atom is 0.213 e. The van der Waals surface area contributed by atoms with Gasteiger partial charge in [-0.05, 0) is 0 Å². The Labute approximate surface area is 83.0 Å². The van der Waals surface area contributed by atoms with E-state index in [0.717, 1.165) is 0 Å². The summed E-state index contributed by atoms with van der Waals surface area (Å²) in [6, 6.07) is 0. The van der Waals surface area contributed by atoms with Gasteiger partial charge in [-0.15, -0.1) is 0 Å². The summed E-state index contributed by atoms with van der Waals surface area (Å²) in [5, 5.41) is 19.6. The molecule has 88 valence electrons. The van der Waals surface area contributed by atoms with Crippen LogP contribution in [0.3, 0.4) is 0 Å². The predicted molar refractivity (Wildman–Crippen MR) is 42.8 cm³/mol. The zero-order chi connectivity index (χ0) is 11.8. The van der Waals surface area contributed by atoms with Crippen molar-refractivity contribution in [3.63, 3.8) is 0 Å². The van der Waals surface area contributed by atoms with E-state index >= 15 is 0 Å². The van der Waals surface area contributed by atoms with Crippen molar-refractivity contribution < 1.29 is 19.7 Å². The molecule has 0 spiro atoms. The minimum Gasteiger partial charge on any atom is -0.277 e. The van der Waals surface area contributed by atoms with Gasteiger partial charge in [-0.2, -0.15) is 0 Å². The molecule has 12 heteroatoms. The Balaban J connectivity index is 4.32. The fraction of sp³-hybridized carbons (Fsp3) is 1.00. The molecule has 4 N–H and O–H groups in total. The lowest BCUT2D eigenvalue weighted by Gasteiger charge is -2.17. The van der Waals surface area contributed by atoms with Gasteiger partial charge >= 0.3 is 0 Å². The molecule has 12 nitrogen and oxygen atoms in total. The van der Waals surface area contributed by atoms with E-state index < -0.39 is 30.2 Å². The van der Waals surface area contributed by atoms with Gasteiger partial charge in [0.25, 0.3) is 0 Å². The summed E-state index contributed by atoms with van der Waals surface area (Å²) in [5.74, 6) is 9.21. The van der Waals surface area contributed by atoms with Crippen LogP contribution in [0.1, 0.15) is 0 Å². The molecule has 0 rings (SSSR count). The molecular formula is C3H10N6O6. The SMILES string of the molecule is NOCN(CN(CON)[N+](=O)[O-])[N+](=O)[O-]. The van der Waals surface area contributed by atoms with E-state index in [2.05, 4.69) is 21.5 Å². The number of nitrogens with two attached hydrogens (primary N) is 2. The van der Waals surface area contributed by atoms with Gasteiger partial charge in [0, 0.05) is 0 Å². The zero-order valence-corrected chi connectivity index (χ0v) is 7.51. The zero-order valence-electron chi connectivity index (χ0n) is 7.51. The van der Waals surface area contributed by atoms with E-state index in [1.807, 2.05) is 0 Å². The van der Waals surface area contributed by atoms with Crippen LogP contribution in [0.2, 0.25) is 0 Å². The molecule has 0 aliphatic carbocycles. The Hall–Kier alpha value is -1.76. The molecule has 0 fully saturated rings. The molecular weight excluding hydrogens is 216 g/mol. The van der Waals surface area contributed by atoms with Gasteiger partial charge in [0.15, 0.2) is 23.5 Å². The lowest BCUT2D eigenvalue weighted by atomic mass is 10.9. The molecule has 0 atom stereocenters. The number of nitrogens with zero attached hydrogens (tertiary/aromatic N) is 4. The lowest BCUT2D eigenvalue weighted by Crippen LogP contribution is -2.46. The first-order valence-electron chi connectivity index (χ1n) is 3.44. The van der Waals surface area contributed by atoms with Crippen LogP contribution in [-0.2, 0) is 9.68 Å². The Kier molecular flexibility index (Phi) is 5.88. The predicted octanol–water partition coefficient (Wildman–Crippen LogP) is -2.37. The van der Waals surface area contributed by atoms with Crippen molar-refractivity contribution in [3.05, 3.63) is 20.2 Å². The summed E-state index contributed by atoms with van der Waals surface area (Å²) in [4.78, 5) is 28.6. The van der Waals surface area contributed by atoms with Crippen molar-refractivity contribution in [1.82, 2.24) is 10.0 Å². The van der Waals surface area contributed by atoms with E-state index in [1.54, 1.807) is 0 Å². The average Bonchev–Trinajstić information content (AvgIpc) is 2.15. The molecule has 0 saturated heterocycles. The van der Waals surface area contributed by atoms with Gasteiger partial charge in [0.1, 0.15) is 0 Å². The van der Waals surface area contributed by atoms with Crippen molar-refractivity contribution in [2.24, 2.45) is 11.8 Å². The smallest absolute Gasteiger partial charge is 0.213 e. The van der Waals surface area contributed by atoms with Crippen LogP contribution in [0.25, 0.3) is 0 Å². The highest BCUT2D eigenvalue weighted by atomic mass is 16.7. The third-order valence-corrected chi connectivity index (χ3v) is 1.24.